The number of anilines is 1. The van der Waals surface area contributed by atoms with Gasteiger partial charge in [-0.05, 0) is 30.2 Å². The summed E-state index contributed by atoms with van der Waals surface area (Å²) in [5.41, 5.74) is 2.04. The number of sulfonamides is 1. The Morgan fingerprint density at radius 2 is 2.26 bits per heavy atom. The Bertz CT molecular complexity index is 681. The van der Waals surface area contributed by atoms with Crippen LogP contribution in [0.2, 0.25) is 0 Å². The largest absolute Gasteiger partial charge is 0.384 e. The lowest BCUT2D eigenvalue weighted by molar-refractivity contribution is 0.579. The fourth-order valence-corrected chi connectivity index (χ4v) is 3.05. The summed E-state index contributed by atoms with van der Waals surface area (Å²) in [6.07, 6.45) is 2.19. The standard InChI is InChI=1S/C11H13N5O2S/c17-19(18,15-6-11-13-7-14-16-11)9-1-2-10-8(5-9)3-4-12-10/h1-2,5,7,12,15H,3-4,6H2,(H,13,14,16). The van der Waals surface area contributed by atoms with Crippen molar-refractivity contribution in [1.82, 2.24) is 19.9 Å². The number of aromatic nitrogens is 3. The third kappa shape index (κ3) is 2.45. The molecule has 2 heterocycles. The lowest BCUT2D eigenvalue weighted by Crippen LogP contribution is -2.23. The first-order chi connectivity index (χ1) is 9.15. The van der Waals surface area contributed by atoms with E-state index >= 15 is 0 Å². The Hall–Kier alpha value is -1.93. The molecule has 1 aromatic carbocycles. The molecule has 0 spiro atoms. The molecule has 3 rings (SSSR count). The molecule has 0 atom stereocenters. The third-order valence-electron chi connectivity index (χ3n) is 2.99. The van der Waals surface area contributed by atoms with Crippen molar-refractivity contribution in [2.45, 2.75) is 17.9 Å². The van der Waals surface area contributed by atoms with Crippen molar-refractivity contribution in [2.75, 3.05) is 11.9 Å². The number of hydrogen-bond acceptors (Lipinski definition) is 5. The summed E-state index contributed by atoms with van der Waals surface area (Å²) in [6.45, 7) is 0.946. The van der Waals surface area contributed by atoms with Gasteiger partial charge in [0.2, 0.25) is 10.0 Å². The van der Waals surface area contributed by atoms with Gasteiger partial charge in [0.25, 0.3) is 0 Å². The molecule has 1 aliphatic rings. The Balaban J connectivity index is 1.80. The van der Waals surface area contributed by atoms with Gasteiger partial charge in [-0.15, -0.1) is 0 Å². The van der Waals surface area contributed by atoms with Gasteiger partial charge in [0.05, 0.1) is 11.4 Å². The molecule has 7 nitrogen and oxygen atoms in total. The number of benzene rings is 1. The number of H-pyrrole nitrogens is 1. The van der Waals surface area contributed by atoms with Gasteiger partial charge in [-0.3, -0.25) is 5.10 Å². The van der Waals surface area contributed by atoms with Gasteiger partial charge in [-0.2, -0.15) is 5.10 Å². The molecule has 0 fully saturated rings. The molecule has 8 heteroatoms. The van der Waals surface area contributed by atoms with E-state index in [9.17, 15) is 8.42 Å². The molecule has 19 heavy (non-hydrogen) atoms. The lowest BCUT2D eigenvalue weighted by Gasteiger charge is -2.07. The van der Waals surface area contributed by atoms with E-state index < -0.39 is 10.0 Å². The Labute approximate surface area is 110 Å². The Morgan fingerprint density at radius 3 is 3.05 bits per heavy atom. The van der Waals surface area contributed by atoms with Crippen LogP contribution in [0.1, 0.15) is 11.4 Å². The van der Waals surface area contributed by atoms with Crippen molar-refractivity contribution in [3.05, 3.63) is 35.9 Å². The van der Waals surface area contributed by atoms with E-state index in [0.29, 0.717) is 5.82 Å². The van der Waals surface area contributed by atoms with Crippen LogP contribution in [-0.4, -0.2) is 30.1 Å². The molecule has 0 aliphatic carbocycles. The van der Waals surface area contributed by atoms with Crippen LogP contribution < -0.4 is 10.0 Å². The second kappa shape index (κ2) is 4.63. The maximum Gasteiger partial charge on any atom is 0.240 e. The van der Waals surface area contributed by atoms with E-state index in [4.69, 9.17) is 0 Å². The Morgan fingerprint density at radius 1 is 1.37 bits per heavy atom. The summed E-state index contributed by atoms with van der Waals surface area (Å²) in [7, 11) is -3.52. The van der Waals surface area contributed by atoms with E-state index in [0.717, 1.165) is 24.2 Å². The fourth-order valence-electron chi connectivity index (χ4n) is 2.01. The molecular formula is C11H13N5O2S. The zero-order valence-corrected chi connectivity index (χ0v) is 10.9. The van der Waals surface area contributed by atoms with Gasteiger partial charge < -0.3 is 5.32 Å². The van der Waals surface area contributed by atoms with Crippen LogP contribution in [0.4, 0.5) is 5.69 Å². The summed E-state index contributed by atoms with van der Waals surface area (Å²) in [5, 5.41) is 9.46. The summed E-state index contributed by atoms with van der Waals surface area (Å²) in [6, 6.07) is 5.10. The van der Waals surface area contributed by atoms with Gasteiger partial charge in [0, 0.05) is 12.2 Å². The highest BCUT2D eigenvalue weighted by molar-refractivity contribution is 7.89. The highest BCUT2D eigenvalue weighted by Crippen LogP contribution is 2.24. The molecule has 3 N–H and O–H groups in total. The lowest BCUT2D eigenvalue weighted by atomic mass is 10.2. The quantitative estimate of drug-likeness (QED) is 0.745. The first-order valence-electron chi connectivity index (χ1n) is 5.86. The van der Waals surface area contributed by atoms with Crippen molar-refractivity contribution in [3.8, 4) is 0 Å². The first-order valence-corrected chi connectivity index (χ1v) is 7.34. The number of hydrogen-bond donors (Lipinski definition) is 3. The molecule has 1 aliphatic heterocycles. The Kier molecular flexibility index (Phi) is 2.96. The summed E-state index contributed by atoms with van der Waals surface area (Å²) >= 11 is 0. The van der Waals surface area contributed by atoms with Crippen molar-refractivity contribution < 1.29 is 8.42 Å². The number of nitrogens with zero attached hydrogens (tertiary/aromatic N) is 2. The van der Waals surface area contributed by atoms with Crippen molar-refractivity contribution in [2.24, 2.45) is 0 Å². The maximum atomic E-state index is 12.1. The van der Waals surface area contributed by atoms with Gasteiger partial charge in [-0.1, -0.05) is 0 Å². The van der Waals surface area contributed by atoms with Gasteiger partial charge >= 0.3 is 0 Å². The van der Waals surface area contributed by atoms with Crippen LogP contribution in [-0.2, 0) is 23.0 Å². The highest BCUT2D eigenvalue weighted by Gasteiger charge is 2.18. The predicted molar refractivity (Wildman–Crippen MR) is 69.0 cm³/mol. The second-order valence-corrected chi connectivity index (χ2v) is 6.02. The normalized spacial score (nSPS) is 14.1. The zero-order chi connectivity index (χ0) is 13.3. The van der Waals surface area contributed by atoms with Gasteiger partial charge in [-0.25, -0.2) is 18.1 Å². The second-order valence-electron chi connectivity index (χ2n) is 4.25. The smallest absolute Gasteiger partial charge is 0.240 e. The third-order valence-corrected chi connectivity index (χ3v) is 4.39. The van der Waals surface area contributed by atoms with Crippen LogP contribution in [0, 0.1) is 0 Å². The minimum absolute atomic E-state index is 0.0949. The van der Waals surface area contributed by atoms with E-state index in [1.165, 1.54) is 6.33 Å². The van der Waals surface area contributed by atoms with Crippen LogP contribution in [0.15, 0.2) is 29.4 Å². The number of aromatic amines is 1. The molecule has 0 saturated carbocycles. The number of rotatable bonds is 4. The average molecular weight is 279 g/mol. The van der Waals surface area contributed by atoms with E-state index in [1.54, 1.807) is 18.2 Å². The van der Waals surface area contributed by atoms with Crippen LogP contribution in [0.5, 0.6) is 0 Å². The maximum absolute atomic E-state index is 12.1. The van der Waals surface area contributed by atoms with E-state index in [-0.39, 0.29) is 11.4 Å². The molecule has 0 radical (unpaired) electrons. The monoisotopic (exact) mass is 279 g/mol. The number of nitrogens with one attached hydrogen (secondary N) is 3. The molecule has 2 aromatic rings. The topological polar surface area (TPSA) is 99.8 Å². The van der Waals surface area contributed by atoms with Crippen LogP contribution in [0.3, 0.4) is 0 Å². The SMILES string of the molecule is O=S(=O)(NCc1ncn[nH]1)c1ccc2c(c1)CCN2. The van der Waals surface area contributed by atoms with Crippen molar-refractivity contribution in [3.63, 3.8) is 0 Å². The minimum atomic E-state index is -3.52. The zero-order valence-electron chi connectivity index (χ0n) is 10.0. The molecule has 1 aromatic heterocycles. The highest BCUT2D eigenvalue weighted by atomic mass is 32.2. The predicted octanol–water partition coefficient (Wildman–Crippen LogP) is 0.251. The molecule has 0 bridgehead atoms. The van der Waals surface area contributed by atoms with Crippen molar-refractivity contribution >= 4 is 15.7 Å². The molecular weight excluding hydrogens is 266 g/mol. The van der Waals surface area contributed by atoms with Crippen LogP contribution >= 0.6 is 0 Å². The van der Waals surface area contributed by atoms with Crippen molar-refractivity contribution in [1.29, 1.82) is 0 Å². The van der Waals surface area contributed by atoms with Crippen LogP contribution in [0.25, 0.3) is 0 Å². The van der Waals surface area contributed by atoms with Gasteiger partial charge in [0.15, 0.2) is 0 Å². The number of fused-ring (bicyclic) bond motifs is 1. The fraction of sp³-hybridized carbons (Fsp3) is 0.273. The molecule has 100 valence electrons. The summed E-state index contributed by atoms with van der Waals surface area (Å²) in [5.74, 6) is 0.478. The average Bonchev–Trinajstić information content (AvgIpc) is 3.06. The summed E-state index contributed by atoms with van der Waals surface area (Å²) < 4.78 is 26.8. The molecule has 0 amide bonds. The first kappa shape index (κ1) is 12.1. The molecule has 0 unspecified atom stereocenters. The minimum Gasteiger partial charge on any atom is -0.384 e. The van der Waals surface area contributed by atoms with Gasteiger partial charge in [0.1, 0.15) is 12.2 Å². The summed E-state index contributed by atoms with van der Waals surface area (Å²) in [4.78, 5) is 4.14. The van der Waals surface area contributed by atoms with E-state index in [2.05, 4.69) is 25.2 Å². The van der Waals surface area contributed by atoms with E-state index in [1.807, 2.05) is 0 Å². The molecule has 0 saturated heterocycles.